The fraction of sp³-hybridized carbons (Fsp3) is 0.290. The van der Waals surface area contributed by atoms with Gasteiger partial charge in [-0.25, -0.2) is 9.78 Å². The number of esters is 1. The van der Waals surface area contributed by atoms with Crippen molar-refractivity contribution in [3.8, 4) is 17.0 Å². The van der Waals surface area contributed by atoms with Crippen LogP contribution in [0.5, 0.6) is 5.75 Å². The van der Waals surface area contributed by atoms with Gasteiger partial charge in [-0.15, -0.1) is 11.3 Å². The number of hydrogen-bond donors (Lipinski definition) is 2. The van der Waals surface area contributed by atoms with Crippen LogP contribution in [0.25, 0.3) is 22.2 Å². The van der Waals surface area contributed by atoms with Crippen LogP contribution in [0.4, 0.5) is 5.00 Å². The molecule has 9 heteroatoms. The number of amides is 1. The number of aromatic nitrogens is 1. The Hall–Kier alpha value is -3.82. The molecule has 0 fully saturated rings. The number of aryl methyl sites for hydroxylation is 1. The number of benzene rings is 2. The molecule has 0 unspecified atom stereocenters. The summed E-state index contributed by atoms with van der Waals surface area (Å²) in [5, 5.41) is 7.32. The van der Waals surface area contributed by atoms with Crippen LogP contribution in [0.15, 0.2) is 54.6 Å². The molecule has 0 atom stereocenters. The third kappa shape index (κ3) is 6.00. The second-order valence-electron chi connectivity index (χ2n) is 10.1. The van der Waals surface area contributed by atoms with Gasteiger partial charge in [-0.05, 0) is 73.6 Å². The van der Waals surface area contributed by atoms with Crippen LogP contribution in [0.1, 0.15) is 57.8 Å². The van der Waals surface area contributed by atoms with Crippen LogP contribution >= 0.6 is 23.6 Å². The standard InChI is InChI=1S/C31H31N3O4S2/c1-18(2)17-38-20-10-8-9-19(15-20)25-16-23(21-11-4-6-13-24(21)32-25)28(35)33-31(39)34-29-27(30(36)37-3)22-12-5-7-14-26(22)40-29/h4,6,8-11,13,15-16,18H,5,7,12,14,17H2,1-3H3,(H2,33,34,35,39). The number of methoxy groups -OCH3 is 1. The van der Waals surface area contributed by atoms with E-state index in [1.807, 2.05) is 48.5 Å². The fourth-order valence-electron chi connectivity index (χ4n) is 4.80. The lowest BCUT2D eigenvalue weighted by molar-refractivity contribution is 0.0601. The first-order chi connectivity index (χ1) is 19.3. The number of hydrogen-bond acceptors (Lipinski definition) is 7. The van der Waals surface area contributed by atoms with Gasteiger partial charge in [-0.3, -0.25) is 10.1 Å². The van der Waals surface area contributed by atoms with Gasteiger partial charge >= 0.3 is 5.97 Å². The number of nitrogens with one attached hydrogen (secondary N) is 2. The molecule has 5 rings (SSSR count). The van der Waals surface area contributed by atoms with Crippen LogP contribution in [0, 0.1) is 5.92 Å². The molecule has 2 heterocycles. The third-order valence-corrected chi connectivity index (χ3v) is 8.10. The molecule has 0 spiro atoms. The lowest BCUT2D eigenvalue weighted by Crippen LogP contribution is -2.34. The molecule has 2 aromatic carbocycles. The maximum atomic E-state index is 13.6. The number of pyridine rings is 1. The number of nitrogens with zero attached hydrogens (tertiary/aromatic N) is 1. The summed E-state index contributed by atoms with van der Waals surface area (Å²) in [6, 6.07) is 17.0. The number of thiocarbonyl (C=S) groups is 1. The van der Waals surface area contributed by atoms with Gasteiger partial charge in [-0.1, -0.05) is 44.2 Å². The van der Waals surface area contributed by atoms with Gasteiger partial charge in [0.2, 0.25) is 0 Å². The zero-order chi connectivity index (χ0) is 28.2. The molecule has 1 aliphatic carbocycles. The summed E-state index contributed by atoms with van der Waals surface area (Å²) in [7, 11) is 1.37. The van der Waals surface area contributed by atoms with Gasteiger partial charge in [0.1, 0.15) is 10.8 Å². The number of rotatable bonds is 7. The highest BCUT2D eigenvalue weighted by atomic mass is 32.1. The lowest BCUT2D eigenvalue weighted by atomic mass is 9.95. The van der Waals surface area contributed by atoms with Gasteiger partial charge in [-0.2, -0.15) is 0 Å². The molecular formula is C31H31N3O4S2. The van der Waals surface area contributed by atoms with E-state index in [2.05, 4.69) is 24.5 Å². The average Bonchev–Trinajstić information content (AvgIpc) is 3.32. The van der Waals surface area contributed by atoms with Crippen molar-refractivity contribution in [2.75, 3.05) is 19.0 Å². The fourth-order valence-corrected chi connectivity index (χ4v) is 6.34. The zero-order valence-corrected chi connectivity index (χ0v) is 24.3. The first-order valence-corrected chi connectivity index (χ1v) is 14.5. The van der Waals surface area contributed by atoms with Crippen molar-refractivity contribution >= 4 is 56.4 Å². The Labute approximate surface area is 242 Å². The zero-order valence-electron chi connectivity index (χ0n) is 22.7. The van der Waals surface area contributed by atoms with Crippen LogP contribution in [-0.4, -0.2) is 35.7 Å². The van der Waals surface area contributed by atoms with E-state index in [9.17, 15) is 9.59 Å². The average molecular weight is 574 g/mol. The van der Waals surface area contributed by atoms with E-state index in [1.54, 1.807) is 6.07 Å². The quantitative estimate of drug-likeness (QED) is 0.186. The minimum absolute atomic E-state index is 0.111. The van der Waals surface area contributed by atoms with Crippen molar-refractivity contribution in [2.45, 2.75) is 39.5 Å². The smallest absolute Gasteiger partial charge is 0.341 e. The Bertz CT molecular complexity index is 1600. The molecule has 0 radical (unpaired) electrons. The Balaban J connectivity index is 1.42. The Morgan fingerprint density at radius 1 is 1.07 bits per heavy atom. The van der Waals surface area contributed by atoms with Crippen LogP contribution < -0.4 is 15.4 Å². The molecule has 1 aliphatic rings. The predicted molar refractivity (Wildman–Crippen MR) is 163 cm³/mol. The predicted octanol–water partition coefficient (Wildman–Crippen LogP) is 6.79. The van der Waals surface area contributed by atoms with E-state index < -0.39 is 5.97 Å². The van der Waals surface area contributed by atoms with E-state index in [-0.39, 0.29) is 11.0 Å². The number of thiophene rings is 1. The van der Waals surface area contributed by atoms with Crippen molar-refractivity contribution in [3.63, 3.8) is 0 Å². The normalized spacial score (nSPS) is 12.6. The van der Waals surface area contributed by atoms with Crippen LogP contribution in [0.3, 0.4) is 0 Å². The summed E-state index contributed by atoms with van der Waals surface area (Å²) in [5.41, 5.74) is 4.15. The minimum atomic E-state index is -0.402. The molecule has 0 aliphatic heterocycles. The minimum Gasteiger partial charge on any atom is -0.493 e. The van der Waals surface area contributed by atoms with E-state index in [0.29, 0.717) is 45.2 Å². The molecule has 4 aromatic rings. The molecule has 7 nitrogen and oxygen atoms in total. The Morgan fingerprint density at radius 3 is 2.67 bits per heavy atom. The van der Waals surface area contributed by atoms with Crippen molar-refractivity contribution < 1.29 is 19.1 Å². The maximum Gasteiger partial charge on any atom is 0.341 e. The van der Waals surface area contributed by atoms with Crippen molar-refractivity contribution in [3.05, 3.63) is 76.2 Å². The second-order valence-corrected chi connectivity index (χ2v) is 11.6. The van der Waals surface area contributed by atoms with Gasteiger partial charge in [0, 0.05) is 15.8 Å². The molecule has 2 N–H and O–H groups in total. The molecule has 0 bridgehead atoms. The number of anilines is 1. The second kappa shape index (κ2) is 12.1. The number of carbonyl (C=O) groups is 2. The highest BCUT2D eigenvalue weighted by Crippen LogP contribution is 2.38. The summed E-state index contributed by atoms with van der Waals surface area (Å²) in [5.74, 6) is 0.377. The van der Waals surface area contributed by atoms with Crippen LogP contribution in [-0.2, 0) is 17.6 Å². The number of fused-ring (bicyclic) bond motifs is 2. The molecular weight excluding hydrogens is 542 g/mol. The van der Waals surface area contributed by atoms with Gasteiger partial charge in [0.25, 0.3) is 5.91 Å². The SMILES string of the molecule is COC(=O)c1c(NC(=S)NC(=O)c2cc(-c3cccc(OCC(C)C)c3)nc3ccccc23)sc2c1CCCC2. The molecule has 206 valence electrons. The summed E-state index contributed by atoms with van der Waals surface area (Å²) in [4.78, 5) is 32.2. The van der Waals surface area contributed by atoms with Gasteiger partial charge < -0.3 is 14.8 Å². The van der Waals surface area contributed by atoms with Crippen LogP contribution in [0.2, 0.25) is 0 Å². The highest BCUT2D eigenvalue weighted by molar-refractivity contribution is 7.80. The van der Waals surface area contributed by atoms with E-state index >= 15 is 0 Å². The van der Waals surface area contributed by atoms with Crippen molar-refractivity contribution in [2.24, 2.45) is 5.92 Å². The molecule has 40 heavy (non-hydrogen) atoms. The van der Waals surface area contributed by atoms with Crippen molar-refractivity contribution in [1.29, 1.82) is 0 Å². The summed E-state index contributed by atoms with van der Waals surface area (Å²) in [6.07, 6.45) is 3.85. The monoisotopic (exact) mass is 573 g/mol. The summed E-state index contributed by atoms with van der Waals surface area (Å²) >= 11 is 7.02. The number of para-hydroxylation sites is 1. The Kier molecular flexibility index (Phi) is 8.42. The van der Waals surface area contributed by atoms with E-state index in [4.69, 9.17) is 26.7 Å². The molecule has 0 saturated carbocycles. The summed E-state index contributed by atoms with van der Waals surface area (Å²) < 4.78 is 11.0. The topological polar surface area (TPSA) is 89.6 Å². The number of carbonyl (C=O) groups excluding carboxylic acids is 2. The summed E-state index contributed by atoms with van der Waals surface area (Å²) in [6.45, 7) is 4.81. The first-order valence-electron chi connectivity index (χ1n) is 13.3. The number of ether oxygens (including phenoxy) is 2. The van der Waals surface area contributed by atoms with Gasteiger partial charge in [0.05, 0.1) is 36.1 Å². The third-order valence-electron chi connectivity index (χ3n) is 6.69. The van der Waals surface area contributed by atoms with Gasteiger partial charge in [0.15, 0.2) is 5.11 Å². The molecule has 1 amide bonds. The van der Waals surface area contributed by atoms with E-state index in [1.165, 1.54) is 18.4 Å². The largest absolute Gasteiger partial charge is 0.493 e. The van der Waals surface area contributed by atoms with E-state index in [0.717, 1.165) is 47.4 Å². The lowest BCUT2D eigenvalue weighted by Gasteiger charge is -2.14. The highest BCUT2D eigenvalue weighted by Gasteiger charge is 2.27. The molecule has 2 aromatic heterocycles. The maximum absolute atomic E-state index is 13.6. The molecule has 0 saturated heterocycles. The van der Waals surface area contributed by atoms with Crippen molar-refractivity contribution in [1.82, 2.24) is 10.3 Å². The Morgan fingerprint density at radius 2 is 1.88 bits per heavy atom. The first kappa shape index (κ1) is 27.7.